The van der Waals surface area contributed by atoms with E-state index in [0.717, 1.165) is 41.0 Å². The lowest BCUT2D eigenvalue weighted by atomic mass is 10.1. The first-order chi connectivity index (χ1) is 7.70. The van der Waals surface area contributed by atoms with Gasteiger partial charge in [-0.25, -0.2) is 0 Å². The van der Waals surface area contributed by atoms with Gasteiger partial charge in [-0.15, -0.1) is 0 Å². The molecular formula is C13H16ClNO. The summed E-state index contributed by atoms with van der Waals surface area (Å²) in [6, 6.07) is 7.59. The summed E-state index contributed by atoms with van der Waals surface area (Å²) in [6.07, 6.45) is 3.24. The topological polar surface area (TPSA) is 39.2 Å². The molecule has 1 unspecified atom stereocenters. The first-order valence-corrected chi connectivity index (χ1v) is 6.03. The number of furan rings is 1. The monoisotopic (exact) mass is 237 g/mol. The highest BCUT2D eigenvalue weighted by molar-refractivity contribution is 6.31. The molecule has 1 atom stereocenters. The van der Waals surface area contributed by atoms with E-state index in [4.69, 9.17) is 21.8 Å². The van der Waals surface area contributed by atoms with Crippen LogP contribution >= 0.6 is 11.6 Å². The third kappa shape index (κ3) is 2.39. The van der Waals surface area contributed by atoms with Crippen LogP contribution in [0.3, 0.4) is 0 Å². The van der Waals surface area contributed by atoms with Crippen molar-refractivity contribution in [2.24, 2.45) is 5.73 Å². The van der Waals surface area contributed by atoms with Crippen LogP contribution in [0, 0.1) is 0 Å². The Morgan fingerprint density at radius 3 is 2.94 bits per heavy atom. The van der Waals surface area contributed by atoms with E-state index < -0.39 is 0 Å². The molecule has 0 bridgehead atoms. The predicted molar refractivity (Wildman–Crippen MR) is 67.7 cm³/mol. The van der Waals surface area contributed by atoms with E-state index in [9.17, 15) is 0 Å². The molecule has 0 spiro atoms. The number of fused-ring (bicyclic) bond motifs is 1. The molecule has 2 nitrogen and oxygen atoms in total. The Bertz CT molecular complexity index is 478. The fourth-order valence-corrected chi connectivity index (χ4v) is 1.96. The average Bonchev–Trinajstić information content (AvgIpc) is 2.68. The van der Waals surface area contributed by atoms with Crippen molar-refractivity contribution in [3.63, 3.8) is 0 Å². The van der Waals surface area contributed by atoms with Crippen molar-refractivity contribution in [2.45, 2.75) is 32.2 Å². The van der Waals surface area contributed by atoms with Crippen molar-refractivity contribution in [2.75, 3.05) is 0 Å². The van der Waals surface area contributed by atoms with Crippen molar-refractivity contribution < 1.29 is 4.42 Å². The highest BCUT2D eigenvalue weighted by atomic mass is 35.5. The number of hydrogen-bond acceptors (Lipinski definition) is 2. The van der Waals surface area contributed by atoms with Crippen LogP contribution in [-0.2, 0) is 0 Å². The molecule has 0 amide bonds. The lowest BCUT2D eigenvalue weighted by molar-refractivity contribution is 0.468. The lowest BCUT2D eigenvalue weighted by Crippen LogP contribution is -2.08. The molecule has 1 heterocycles. The van der Waals surface area contributed by atoms with Crippen LogP contribution in [0.25, 0.3) is 11.0 Å². The highest BCUT2D eigenvalue weighted by Gasteiger charge is 2.11. The number of unbranched alkanes of at least 4 members (excludes halogenated alkanes) is 1. The maximum absolute atomic E-state index is 6.06. The normalized spacial score (nSPS) is 13.2. The molecule has 0 aliphatic carbocycles. The molecule has 0 aliphatic rings. The minimum absolute atomic E-state index is 0.00822. The van der Waals surface area contributed by atoms with E-state index in [1.807, 2.05) is 24.3 Å². The highest BCUT2D eigenvalue weighted by Crippen LogP contribution is 2.27. The lowest BCUT2D eigenvalue weighted by Gasteiger charge is -2.06. The third-order valence-electron chi connectivity index (χ3n) is 2.73. The Kier molecular flexibility index (Phi) is 3.52. The molecule has 0 aliphatic heterocycles. The first kappa shape index (κ1) is 11.5. The van der Waals surface area contributed by atoms with E-state index in [1.165, 1.54) is 0 Å². The summed E-state index contributed by atoms with van der Waals surface area (Å²) in [6.45, 7) is 2.16. The summed E-state index contributed by atoms with van der Waals surface area (Å²) in [7, 11) is 0. The Hall–Kier alpha value is -0.990. The zero-order valence-electron chi connectivity index (χ0n) is 9.37. The molecule has 1 aromatic heterocycles. The molecule has 2 N–H and O–H groups in total. The zero-order valence-corrected chi connectivity index (χ0v) is 10.1. The summed E-state index contributed by atoms with van der Waals surface area (Å²) in [5, 5.41) is 1.75. The maximum Gasteiger partial charge on any atom is 0.134 e. The van der Waals surface area contributed by atoms with Gasteiger partial charge in [0.25, 0.3) is 0 Å². The second kappa shape index (κ2) is 4.89. The van der Waals surface area contributed by atoms with E-state index >= 15 is 0 Å². The van der Waals surface area contributed by atoms with E-state index in [-0.39, 0.29) is 6.04 Å². The molecule has 2 aromatic rings. The number of hydrogen-bond donors (Lipinski definition) is 1. The third-order valence-corrected chi connectivity index (χ3v) is 2.97. The Morgan fingerprint density at radius 1 is 1.38 bits per heavy atom. The minimum Gasteiger partial charge on any atom is -0.459 e. The van der Waals surface area contributed by atoms with Crippen LogP contribution in [0.2, 0.25) is 5.02 Å². The van der Waals surface area contributed by atoms with E-state index in [1.54, 1.807) is 0 Å². The molecule has 0 fully saturated rings. The van der Waals surface area contributed by atoms with Gasteiger partial charge in [0, 0.05) is 10.4 Å². The molecule has 86 valence electrons. The van der Waals surface area contributed by atoms with Crippen LogP contribution in [0.5, 0.6) is 0 Å². The van der Waals surface area contributed by atoms with Gasteiger partial charge in [0.05, 0.1) is 6.04 Å². The molecule has 0 saturated carbocycles. The SMILES string of the molecule is CCCCC(N)c1cc2cc(Cl)ccc2o1. The van der Waals surface area contributed by atoms with Crippen LogP contribution in [0.4, 0.5) is 0 Å². The van der Waals surface area contributed by atoms with Gasteiger partial charge in [0.2, 0.25) is 0 Å². The molecule has 0 saturated heterocycles. The molecule has 16 heavy (non-hydrogen) atoms. The number of halogens is 1. The first-order valence-electron chi connectivity index (χ1n) is 5.65. The zero-order chi connectivity index (χ0) is 11.5. The van der Waals surface area contributed by atoms with Gasteiger partial charge < -0.3 is 10.2 Å². The van der Waals surface area contributed by atoms with Crippen LogP contribution in [0.15, 0.2) is 28.7 Å². The fraction of sp³-hybridized carbons (Fsp3) is 0.385. The number of nitrogens with two attached hydrogens (primary N) is 1. The van der Waals surface area contributed by atoms with Gasteiger partial charge in [-0.3, -0.25) is 0 Å². The molecule has 2 rings (SSSR count). The fourth-order valence-electron chi connectivity index (χ4n) is 1.78. The van der Waals surface area contributed by atoms with Gasteiger partial charge >= 0.3 is 0 Å². The molecular weight excluding hydrogens is 222 g/mol. The van der Waals surface area contributed by atoms with Crippen molar-refractivity contribution in [1.82, 2.24) is 0 Å². The van der Waals surface area contributed by atoms with E-state index in [2.05, 4.69) is 6.92 Å². The second-order valence-corrected chi connectivity index (χ2v) is 4.52. The summed E-state index contributed by atoms with van der Waals surface area (Å²) < 4.78 is 5.70. The molecule has 1 aromatic carbocycles. The summed E-state index contributed by atoms with van der Waals surface area (Å²) >= 11 is 5.92. The minimum atomic E-state index is -0.00822. The summed E-state index contributed by atoms with van der Waals surface area (Å²) in [5.74, 6) is 0.853. The van der Waals surface area contributed by atoms with Crippen LogP contribution in [-0.4, -0.2) is 0 Å². The van der Waals surface area contributed by atoms with Gasteiger partial charge in [-0.1, -0.05) is 31.4 Å². The smallest absolute Gasteiger partial charge is 0.134 e. The molecule has 0 radical (unpaired) electrons. The summed E-state index contributed by atoms with van der Waals surface area (Å²) in [4.78, 5) is 0. The van der Waals surface area contributed by atoms with Crippen molar-refractivity contribution in [3.05, 3.63) is 35.0 Å². The number of benzene rings is 1. The van der Waals surface area contributed by atoms with Crippen molar-refractivity contribution >= 4 is 22.6 Å². The van der Waals surface area contributed by atoms with Crippen LogP contribution in [0.1, 0.15) is 38.0 Å². The van der Waals surface area contributed by atoms with Gasteiger partial charge in [-0.2, -0.15) is 0 Å². The molecule has 3 heteroatoms. The van der Waals surface area contributed by atoms with E-state index in [0.29, 0.717) is 0 Å². The van der Waals surface area contributed by atoms with Crippen LogP contribution < -0.4 is 5.73 Å². The number of rotatable bonds is 4. The van der Waals surface area contributed by atoms with Crippen molar-refractivity contribution in [3.8, 4) is 0 Å². The standard InChI is InChI=1S/C13H16ClNO/c1-2-3-4-11(15)13-8-9-7-10(14)5-6-12(9)16-13/h5-8,11H,2-4,15H2,1H3. The largest absolute Gasteiger partial charge is 0.459 e. The average molecular weight is 238 g/mol. The summed E-state index contributed by atoms with van der Waals surface area (Å²) in [5.41, 5.74) is 6.91. The quantitative estimate of drug-likeness (QED) is 0.862. The maximum atomic E-state index is 6.06. The second-order valence-electron chi connectivity index (χ2n) is 4.08. The van der Waals surface area contributed by atoms with Gasteiger partial charge in [0.1, 0.15) is 11.3 Å². The van der Waals surface area contributed by atoms with Gasteiger partial charge in [-0.05, 0) is 30.7 Å². The van der Waals surface area contributed by atoms with Gasteiger partial charge in [0.15, 0.2) is 0 Å². The Labute approximate surface area is 100 Å². The predicted octanol–water partition coefficient (Wildman–Crippen LogP) is 4.28. The van der Waals surface area contributed by atoms with Crippen molar-refractivity contribution in [1.29, 1.82) is 0 Å². The Balaban J connectivity index is 2.25. The Morgan fingerprint density at radius 2 is 2.19 bits per heavy atom.